The summed E-state index contributed by atoms with van der Waals surface area (Å²) < 4.78 is 0. The molecule has 2 fully saturated rings. The van der Waals surface area contributed by atoms with Crippen molar-refractivity contribution in [2.45, 2.75) is 37.8 Å². The molecule has 3 nitrogen and oxygen atoms in total. The Labute approximate surface area is 209 Å². The summed E-state index contributed by atoms with van der Waals surface area (Å²) in [6.45, 7) is 6.71. The third-order valence-electron chi connectivity index (χ3n) is 6.96. The van der Waals surface area contributed by atoms with E-state index in [-0.39, 0.29) is 0 Å². The van der Waals surface area contributed by atoms with Gasteiger partial charge in [-0.3, -0.25) is 4.90 Å². The average Bonchev–Trinajstić information content (AvgIpc) is 3.58. The third-order valence-corrected chi connectivity index (χ3v) is 7.58. The van der Waals surface area contributed by atoms with Crippen LogP contribution < -0.4 is 0 Å². The van der Waals surface area contributed by atoms with E-state index in [1.807, 2.05) is 29.0 Å². The number of hydrogen-bond donors (Lipinski definition) is 1. The molecular formula is C30H38N2OS. The molecule has 34 heavy (non-hydrogen) atoms. The topological polar surface area (TPSA) is 26.7 Å². The molecule has 0 bridgehead atoms. The molecule has 2 aliphatic heterocycles. The van der Waals surface area contributed by atoms with Gasteiger partial charge in [0.15, 0.2) is 0 Å². The highest BCUT2D eigenvalue weighted by Crippen LogP contribution is 2.28. The van der Waals surface area contributed by atoms with E-state index in [0.29, 0.717) is 0 Å². The van der Waals surface area contributed by atoms with Crippen LogP contribution in [0.5, 0.6) is 0 Å². The molecule has 5 rings (SSSR count). The maximum absolute atomic E-state index is 10.9. The Bertz CT molecular complexity index is 933. The van der Waals surface area contributed by atoms with Crippen molar-refractivity contribution in [2.75, 3.05) is 32.7 Å². The van der Waals surface area contributed by atoms with E-state index >= 15 is 0 Å². The Kier molecular flexibility index (Phi) is 9.52. The fourth-order valence-corrected chi connectivity index (χ4v) is 5.43. The maximum Gasteiger partial charge on any atom is 0.0706 e. The SMILES string of the molecule is OC1(C/C=C/c2ccccc2)CCN(CC2CCN(Cc3ccccc3)C2)CC1.c1ccsc1. The maximum atomic E-state index is 10.9. The van der Waals surface area contributed by atoms with Crippen LogP contribution in [-0.2, 0) is 6.54 Å². The van der Waals surface area contributed by atoms with E-state index in [2.05, 4.69) is 76.5 Å². The van der Waals surface area contributed by atoms with Crippen molar-refractivity contribution in [3.8, 4) is 0 Å². The molecule has 0 spiro atoms. The highest BCUT2D eigenvalue weighted by molar-refractivity contribution is 7.07. The lowest BCUT2D eigenvalue weighted by Gasteiger charge is -2.38. The van der Waals surface area contributed by atoms with Gasteiger partial charge in [0.05, 0.1) is 5.60 Å². The highest BCUT2D eigenvalue weighted by Gasteiger charge is 2.33. The van der Waals surface area contributed by atoms with Gasteiger partial charge in [-0.25, -0.2) is 0 Å². The molecule has 2 aliphatic rings. The summed E-state index contributed by atoms with van der Waals surface area (Å²) in [6, 6.07) is 25.2. The van der Waals surface area contributed by atoms with E-state index in [0.717, 1.165) is 44.8 Å². The average molecular weight is 475 g/mol. The minimum absolute atomic E-state index is 0.531. The smallest absolute Gasteiger partial charge is 0.0706 e. The van der Waals surface area contributed by atoms with Crippen LogP contribution in [-0.4, -0.2) is 53.2 Å². The second kappa shape index (κ2) is 13.0. The van der Waals surface area contributed by atoms with Crippen LogP contribution in [0.3, 0.4) is 0 Å². The molecule has 1 N–H and O–H groups in total. The van der Waals surface area contributed by atoms with Crippen molar-refractivity contribution in [3.63, 3.8) is 0 Å². The first-order chi connectivity index (χ1) is 16.7. The number of piperidine rings is 1. The fourth-order valence-electron chi connectivity index (χ4n) is 4.97. The third kappa shape index (κ3) is 8.21. The van der Waals surface area contributed by atoms with Crippen molar-refractivity contribution in [1.29, 1.82) is 0 Å². The van der Waals surface area contributed by atoms with Crippen LogP contribution in [0.15, 0.2) is 89.6 Å². The molecule has 0 saturated carbocycles. The molecule has 180 valence electrons. The molecular weight excluding hydrogens is 436 g/mol. The minimum Gasteiger partial charge on any atom is -0.389 e. The largest absolute Gasteiger partial charge is 0.389 e. The van der Waals surface area contributed by atoms with Crippen molar-refractivity contribution in [3.05, 3.63) is 101 Å². The van der Waals surface area contributed by atoms with Gasteiger partial charge in [-0.15, -0.1) is 0 Å². The zero-order valence-corrected chi connectivity index (χ0v) is 21.0. The van der Waals surface area contributed by atoms with Crippen LogP contribution in [0.4, 0.5) is 0 Å². The standard InChI is InChI=1S/C26H34N2O.C4H4S/c29-26(14-7-12-23-8-3-1-4-9-23)15-18-27(19-16-26)21-25-13-17-28(22-25)20-24-10-5-2-6-11-24;1-2-4-5-3-1/h1-12,25,29H,13-22H2;1-4H/b12-7+;. The number of thiophene rings is 1. The Morgan fingerprint density at radius 3 is 2.18 bits per heavy atom. The Morgan fingerprint density at radius 2 is 1.53 bits per heavy atom. The van der Waals surface area contributed by atoms with E-state index in [9.17, 15) is 5.11 Å². The summed E-state index contributed by atoms with van der Waals surface area (Å²) in [5.74, 6) is 0.767. The van der Waals surface area contributed by atoms with Gasteiger partial charge in [0, 0.05) is 32.7 Å². The molecule has 3 heterocycles. The first-order valence-electron chi connectivity index (χ1n) is 12.6. The van der Waals surface area contributed by atoms with E-state index < -0.39 is 5.60 Å². The van der Waals surface area contributed by atoms with Crippen molar-refractivity contribution >= 4 is 17.4 Å². The van der Waals surface area contributed by atoms with Gasteiger partial charge < -0.3 is 10.0 Å². The number of nitrogens with zero attached hydrogens (tertiary/aromatic N) is 2. The van der Waals surface area contributed by atoms with E-state index in [1.54, 1.807) is 11.3 Å². The number of benzene rings is 2. The van der Waals surface area contributed by atoms with Gasteiger partial charge in [0.25, 0.3) is 0 Å². The molecule has 1 unspecified atom stereocenters. The first kappa shape index (κ1) is 24.9. The molecule has 0 aliphatic carbocycles. The zero-order chi connectivity index (χ0) is 23.5. The number of likely N-dealkylation sites (tertiary alicyclic amines) is 2. The van der Waals surface area contributed by atoms with Crippen LogP contribution in [0.1, 0.15) is 36.8 Å². The predicted molar refractivity (Wildman–Crippen MR) is 145 cm³/mol. The lowest BCUT2D eigenvalue weighted by Crippen LogP contribution is -2.45. The molecule has 2 saturated heterocycles. The summed E-state index contributed by atoms with van der Waals surface area (Å²) in [5, 5.41) is 15.0. The molecule has 0 radical (unpaired) electrons. The lowest BCUT2D eigenvalue weighted by atomic mass is 9.87. The summed E-state index contributed by atoms with van der Waals surface area (Å²) in [4.78, 5) is 5.17. The Morgan fingerprint density at radius 1 is 0.853 bits per heavy atom. The number of rotatable bonds is 7. The molecule has 4 heteroatoms. The monoisotopic (exact) mass is 474 g/mol. The van der Waals surface area contributed by atoms with Gasteiger partial charge in [0.1, 0.15) is 0 Å². The van der Waals surface area contributed by atoms with Gasteiger partial charge in [-0.05, 0) is 60.0 Å². The van der Waals surface area contributed by atoms with Crippen LogP contribution >= 0.6 is 11.3 Å². The van der Waals surface area contributed by atoms with E-state index in [4.69, 9.17) is 0 Å². The van der Waals surface area contributed by atoms with Gasteiger partial charge in [-0.1, -0.05) is 84.9 Å². The summed E-state index contributed by atoms with van der Waals surface area (Å²) in [7, 11) is 0. The molecule has 3 aromatic rings. The fraction of sp³-hybridized carbons (Fsp3) is 0.400. The predicted octanol–water partition coefficient (Wildman–Crippen LogP) is 6.19. The Hall–Kier alpha value is -2.24. The van der Waals surface area contributed by atoms with Crippen LogP contribution in [0.2, 0.25) is 0 Å². The lowest BCUT2D eigenvalue weighted by molar-refractivity contribution is -0.0211. The van der Waals surface area contributed by atoms with Crippen molar-refractivity contribution in [2.24, 2.45) is 5.92 Å². The summed E-state index contributed by atoms with van der Waals surface area (Å²) in [5.41, 5.74) is 2.09. The molecule has 1 aromatic heterocycles. The molecule has 2 aromatic carbocycles. The van der Waals surface area contributed by atoms with Gasteiger partial charge in [-0.2, -0.15) is 11.3 Å². The first-order valence-corrected chi connectivity index (χ1v) is 13.5. The van der Waals surface area contributed by atoms with Crippen molar-refractivity contribution < 1.29 is 5.11 Å². The second-order valence-electron chi connectivity index (χ2n) is 9.71. The number of hydrogen-bond acceptors (Lipinski definition) is 4. The van der Waals surface area contributed by atoms with Gasteiger partial charge >= 0.3 is 0 Å². The molecule has 1 atom stereocenters. The minimum atomic E-state index is -0.531. The molecule has 0 amide bonds. The van der Waals surface area contributed by atoms with Crippen LogP contribution in [0, 0.1) is 5.92 Å². The van der Waals surface area contributed by atoms with E-state index in [1.165, 1.54) is 37.2 Å². The quantitative estimate of drug-likeness (QED) is 0.442. The summed E-state index contributed by atoms with van der Waals surface area (Å²) >= 11 is 1.71. The highest BCUT2D eigenvalue weighted by atomic mass is 32.1. The van der Waals surface area contributed by atoms with Crippen LogP contribution in [0.25, 0.3) is 6.08 Å². The Balaban J connectivity index is 0.000000486. The normalized spacial score (nSPS) is 20.8. The van der Waals surface area contributed by atoms with Gasteiger partial charge in [0.2, 0.25) is 0 Å². The zero-order valence-electron chi connectivity index (χ0n) is 20.1. The summed E-state index contributed by atoms with van der Waals surface area (Å²) in [6.07, 6.45) is 8.09. The number of aliphatic hydroxyl groups is 1. The van der Waals surface area contributed by atoms with Crippen molar-refractivity contribution in [1.82, 2.24) is 9.80 Å². The second-order valence-corrected chi connectivity index (χ2v) is 10.5.